The number of benzene rings is 1. The highest BCUT2D eigenvalue weighted by Gasteiger charge is 2.44. The molecule has 2 saturated heterocycles. The van der Waals surface area contributed by atoms with Crippen LogP contribution in [0.3, 0.4) is 0 Å². The largest absolute Gasteiger partial charge is 0.439 e. The fourth-order valence-corrected chi connectivity index (χ4v) is 5.41. The Morgan fingerprint density at radius 1 is 1.08 bits per heavy atom. The molecule has 3 aromatic heterocycles. The van der Waals surface area contributed by atoms with Crippen LogP contribution in [0.4, 0.5) is 0 Å². The first-order valence-electron chi connectivity index (χ1n) is 12.2. The van der Waals surface area contributed by atoms with Crippen molar-refractivity contribution >= 4 is 16.8 Å². The van der Waals surface area contributed by atoms with Crippen molar-refractivity contribution in [2.45, 2.75) is 19.4 Å². The third-order valence-corrected chi connectivity index (χ3v) is 7.32. The highest BCUT2D eigenvalue weighted by atomic mass is 16.5. The maximum atomic E-state index is 11.9. The normalized spacial score (nSPS) is 20.0. The first-order valence-corrected chi connectivity index (χ1v) is 12.2. The fraction of sp³-hybridized carbons (Fsp3) is 0.333. The minimum Gasteiger partial charge on any atom is -0.439 e. The molecule has 2 aliphatic rings. The van der Waals surface area contributed by atoms with Crippen LogP contribution >= 0.6 is 0 Å². The van der Waals surface area contributed by atoms with Crippen LogP contribution < -0.4 is 4.74 Å². The number of rotatable bonds is 6. The quantitative estimate of drug-likeness (QED) is 0.433. The molecule has 1 aromatic carbocycles. The molecule has 2 fully saturated rings. The molecule has 184 valence electrons. The number of nitrogens with one attached hydrogen (secondary N) is 1. The van der Waals surface area contributed by atoms with Gasteiger partial charge in [-0.25, -0.2) is 4.98 Å². The van der Waals surface area contributed by atoms with Crippen molar-refractivity contribution in [2.75, 3.05) is 32.8 Å². The molecule has 1 spiro atoms. The maximum Gasteiger partial charge on any atom is 0.248 e. The predicted octanol–water partition coefficient (Wildman–Crippen LogP) is 3.23. The smallest absolute Gasteiger partial charge is 0.248 e. The van der Waals surface area contributed by atoms with E-state index in [9.17, 15) is 4.79 Å². The van der Waals surface area contributed by atoms with Crippen molar-refractivity contribution in [1.29, 1.82) is 0 Å². The van der Waals surface area contributed by atoms with Crippen molar-refractivity contribution in [2.24, 2.45) is 5.41 Å². The van der Waals surface area contributed by atoms with Crippen molar-refractivity contribution in [3.63, 3.8) is 0 Å². The first-order chi connectivity index (χ1) is 17.6. The summed E-state index contributed by atoms with van der Waals surface area (Å²) in [4.78, 5) is 25.4. The molecular weight excluding hydrogens is 456 g/mol. The summed E-state index contributed by atoms with van der Waals surface area (Å²) in [7, 11) is 0. The van der Waals surface area contributed by atoms with Crippen molar-refractivity contribution in [1.82, 2.24) is 30.0 Å². The molecule has 0 radical (unpaired) electrons. The molecule has 36 heavy (non-hydrogen) atoms. The summed E-state index contributed by atoms with van der Waals surface area (Å²) in [5.41, 5.74) is 3.97. The van der Waals surface area contributed by atoms with E-state index >= 15 is 0 Å². The van der Waals surface area contributed by atoms with Crippen LogP contribution in [0.15, 0.2) is 60.9 Å². The van der Waals surface area contributed by atoms with Gasteiger partial charge in [-0.2, -0.15) is 5.10 Å². The number of H-pyrrole nitrogens is 1. The number of hydrogen-bond donors (Lipinski definition) is 2. The predicted molar refractivity (Wildman–Crippen MR) is 134 cm³/mol. The maximum absolute atomic E-state index is 11.9. The third-order valence-electron chi connectivity index (χ3n) is 7.32. The molecule has 5 heterocycles. The van der Waals surface area contributed by atoms with Crippen LogP contribution in [0, 0.1) is 5.41 Å². The molecular formula is C27H28N6O3. The number of ether oxygens (including phenoxy) is 1. The lowest BCUT2D eigenvalue weighted by Crippen LogP contribution is -2.35. The molecule has 1 atom stereocenters. The minimum absolute atomic E-state index is 0.151. The van der Waals surface area contributed by atoms with Gasteiger partial charge in [-0.15, -0.1) is 0 Å². The Balaban J connectivity index is 1.09. The summed E-state index contributed by atoms with van der Waals surface area (Å²) < 4.78 is 5.97. The summed E-state index contributed by atoms with van der Waals surface area (Å²) in [6.45, 7) is 3.84. The van der Waals surface area contributed by atoms with E-state index in [0.717, 1.165) is 73.4 Å². The monoisotopic (exact) mass is 484 g/mol. The molecule has 1 amide bonds. The van der Waals surface area contributed by atoms with Gasteiger partial charge < -0.3 is 14.7 Å². The van der Waals surface area contributed by atoms with Gasteiger partial charge in [-0.1, -0.05) is 6.07 Å². The molecule has 0 saturated carbocycles. The topological polar surface area (TPSA) is 107 Å². The second-order valence-corrected chi connectivity index (χ2v) is 9.80. The number of pyridine rings is 2. The van der Waals surface area contributed by atoms with Crippen molar-refractivity contribution in [3.8, 4) is 22.9 Å². The molecule has 0 bridgehead atoms. The van der Waals surface area contributed by atoms with Gasteiger partial charge in [0.2, 0.25) is 11.8 Å². The number of nitrogens with zero attached hydrogens (tertiary/aromatic N) is 5. The number of aromatic nitrogens is 4. The van der Waals surface area contributed by atoms with Crippen LogP contribution in [0.2, 0.25) is 0 Å². The third kappa shape index (κ3) is 4.55. The van der Waals surface area contributed by atoms with E-state index in [4.69, 9.17) is 14.8 Å². The fourth-order valence-electron chi connectivity index (χ4n) is 5.41. The minimum atomic E-state index is -0.400. The molecule has 9 nitrogen and oxygen atoms in total. The molecule has 2 N–H and O–H groups in total. The van der Waals surface area contributed by atoms with Crippen molar-refractivity contribution in [3.05, 3.63) is 66.6 Å². The number of fused-ring (bicyclic) bond motifs is 1. The van der Waals surface area contributed by atoms with E-state index in [2.05, 4.69) is 32.2 Å². The number of carbonyl (C=O) groups is 1. The van der Waals surface area contributed by atoms with Gasteiger partial charge in [0.1, 0.15) is 12.4 Å². The van der Waals surface area contributed by atoms with E-state index in [1.54, 1.807) is 17.3 Å². The lowest BCUT2D eigenvalue weighted by molar-refractivity contribution is -0.133. The van der Waals surface area contributed by atoms with E-state index in [0.29, 0.717) is 11.6 Å². The van der Waals surface area contributed by atoms with E-state index in [1.807, 2.05) is 36.4 Å². The highest BCUT2D eigenvalue weighted by molar-refractivity contribution is 5.80. The summed E-state index contributed by atoms with van der Waals surface area (Å²) in [6, 6.07) is 15.7. The standard InChI is InChI=1S/C27H28N6O3/c34-16-26(35)33-12-9-27(18-33)8-11-32(17-27)15-21-3-1-19-13-22(4-5-23(19)30-21)36-25-6-2-20(14-28-25)24-7-10-29-31-24/h1-7,10,13-14,34H,8-9,11-12,15-18H2,(H,29,31). The highest BCUT2D eigenvalue weighted by Crippen LogP contribution is 2.40. The van der Waals surface area contributed by atoms with Gasteiger partial charge in [0, 0.05) is 61.0 Å². The zero-order chi connectivity index (χ0) is 24.5. The lowest BCUT2D eigenvalue weighted by Gasteiger charge is -2.24. The molecule has 0 aliphatic carbocycles. The summed E-state index contributed by atoms with van der Waals surface area (Å²) in [5, 5.41) is 17.1. The van der Waals surface area contributed by atoms with Crippen molar-refractivity contribution < 1.29 is 14.6 Å². The number of aliphatic hydroxyl groups is 1. The molecule has 4 aromatic rings. The molecule has 2 aliphatic heterocycles. The summed E-state index contributed by atoms with van der Waals surface area (Å²) >= 11 is 0. The Hall–Kier alpha value is -3.82. The number of likely N-dealkylation sites (tertiary alicyclic amines) is 2. The van der Waals surface area contributed by atoms with Crippen LogP contribution in [0.1, 0.15) is 18.5 Å². The van der Waals surface area contributed by atoms with E-state index in [-0.39, 0.29) is 11.3 Å². The Morgan fingerprint density at radius 3 is 2.81 bits per heavy atom. The summed E-state index contributed by atoms with van der Waals surface area (Å²) in [6.07, 6.45) is 5.55. The average molecular weight is 485 g/mol. The first kappa shape index (κ1) is 22.6. The van der Waals surface area contributed by atoms with Gasteiger partial charge in [0.15, 0.2) is 0 Å². The number of amides is 1. The van der Waals surface area contributed by atoms with Gasteiger partial charge in [0.25, 0.3) is 0 Å². The van der Waals surface area contributed by atoms with Crippen LogP contribution in [-0.4, -0.2) is 73.8 Å². The summed E-state index contributed by atoms with van der Waals surface area (Å²) in [5.74, 6) is 1.08. The second-order valence-electron chi connectivity index (χ2n) is 9.80. The van der Waals surface area contributed by atoms with Gasteiger partial charge in [-0.3, -0.25) is 19.8 Å². The number of aliphatic hydroxyl groups excluding tert-OH is 1. The van der Waals surface area contributed by atoms with Gasteiger partial charge in [0.05, 0.1) is 16.9 Å². The molecule has 6 rings (SSSR count). The molecule has 9 heteroatoms. The van der Waals surface area contributed by atoms with Gasteiger partial charge >= 0.3 is 0 Å². The van der Waals surface area contributed by atoms with Crippen LogP contribution in [0.25, 0.3) is 22.2 Å². The number of aromatic amines is 1. The Kier molecular flexibility index (Phi) is 5.86. The van der Waals surface area contributed by atoms with Gasteiger partial charge in [-0.05, 0) is 55.8 Å². The lowest BCUT2D eigenvalue weighted by atomic mass is 9.86. The van der Waals surface area contributed by atoms with E-state index in [1.165, 1.54) is 0 Å². The zero-order valence-corrected chi connectivity index (χ0v) is 19.9. The Morgan fingerprint density at radius 2 is 2.00 bits per heavy atom. The number of carbonyl (C=O) groups excluding carboxylic acids is 1. The van der Waals surface area contributed by atoms with E-state index < -0.39 is 6.61 Å². The zero-order valence-electron chi connectivity index (χ0n) is 19.9. The van der Waals surface area contributed by atoms with Crippen LogP contribution in [0.5, 0.6) is 11.6 Å². The number of hydrogen-bond acceptors (Lipinski definition) is 7. The molecule has 1 unspecified atom stereocenters. The Bertz CT molecular complexity index is 1370. The van der Waals surface area contributed by atoms with Crippen LogP contribution in [-0.2, 0) is 11.3 Å². The Labute approximate surface area is 208 Å². The average Bonchev–Trinajstić information content (AvgIpc) is 3.67. The SMILES string of the molecule is O=C(CO)N1CCC2(CCN(Cc3ccc4cc(Oc5ccc(-c6ccn[nH]6)cn5)ccc4n3)C2)C1. The second kappa shape index (κ2) is 9.33.